The monoisotopic (exact) mass is 318 g/mol. The molecule has 98 valence electrons. The van der Waals surface area contributed by atoms with E-state index in [2.05, 4.69) is 60.4 Å². The van der Waals surface area contributed by atoms with Crippen molar-refractivity contribution in [3.8, 4) is 11.4 Å². The normalized spacial score (nSPS) is 15.5. The van der Waals surface area contributed by atoms with Gasteiger partial charge in [-0.15, -0.1) is 0 Å². The zero-order chi connectivity index (χ0) is 13.1. The molecule has 1 saturated heterocycles. The molecular weight excluding hydrogens is 304 g/mol. The maximum atomic E-state index is 4.31. The summed E-state index contributed by atoms with van der Waals surface area (Å²) >= 11 is 3.34. The Balaban J connectivity index is 1.80. The van der Waals surface area contributed by atoms with Crippen LogP contribution in [0.5, 0.6) is 0 Å². The minimum Gasteiger partial charge on any atom is -0.369 e. The molecule has 2 aromatic rings. The van der Waals surface area contributed by atoms with Crippen molar-refractivity contribution in [2.45, 2.75) is 0 Å². The molecule has 4 nitrogen and oxygen atoms in total. The highest BCUT2D eigenvalue weighted by molar-refractivity contribution is 9.10. The van der Waals surface area contributed by atoms with Gasteiger partial charge in [-0.25, -0.2) is 9.97 Å². The smallest absolute Gasteiger partial charge is 0.159 e. The summed E-state index contributed by atoms with van der Waals surface area (Å²) in [4.78, 5) is 11.0. The van der Waals surface area contributed by atoms with E-state index in [4.69, 9.17) is 0 Å². The number of hydrogen-bond acceptors (Lipinski definition) is 4. The average molecular weight is 319 g/mol. The van der Waals surface area contributed by atoms with Crippen molar-refractivity contribution in [2.24, 2.45) is 0 Å². The Bertz CT molecular complexity index is 532. The van der Waals surface area contributed by atoms with Crippen molar-refractivity contribution < 1.29 is 0 Å². The predicted molar refractivity (Wildman–Crippen MR) is 80.3 cm³/mol. The van der Waals surface area contributed by atoms with Gasteiger partial charge in [0, 0.05) is 49.8 Å². The van der Waals surface area contributed by atoms with Crippen molar-refractivity contribution in [3.63, 3.8) is 0 Å². The molecule has 0 unspecified atom stereocenters. The average Bonchev–Trinajstić information content (AvgIpc) is 2.49. The first-order valence-corrected chi connectivity index (χ1v) is 7.16. The third kappa shape index (κ3) is 2.93. The van der Waals surface area contributed by atoms with Gasteiger partial charge in [-0.05, 0) is 40.2 Å². The minimum absolute atomic E-state index is 0.759. The minimum atomic E-state index is 0.759. The molecule has 1 fully saturated rings. The van der Waals surface area contributed by atoms with Gasteiger partial charge in [0.25, 0.3) is 0 Å². The van der Waals surface area contributed by atoms with Crippen molar-refractivity contribution in [3.05, 3.63) is 41.1 Å². The fraction of sp³-hybridized carbons (Fsp3) is 0.286. The van der Waals surface area contributed by atoms with Gasteiger partial charge in [0.2, 0.25) is 0 Å². The van der Waals surface area contributed by atoms with Crippen molar-refractivity contribution >= 4 is 21.6 Å². The number of nitrogens with zero attached hydrogens (tertiary/aromatic N) is 3. The van der Waals surface area contributed by atoms with Crippen LogP contribution in [0.25, 0.3) is 11.4 Å². The second-order valence-corrected chi connectivity index (χ2v) is 5.42. The fourth-order valence-electron chi connectivity index (χ4n) is 2.21. The summed E-state index contributed by atoms with van der Waals surface area (Å²) in [5, 5.41) is 3.36. The molecule has 5 heteroatoms. The highest BCUT2D eigenvalue weighted by Crippen LogP contribution is 2.21. The molecule has 2 heterocycles. The molecule has 1 aliphatic heterocycles. The highest BCUT2D eigenvalue weighted by Gasteiger charge is 2.10. The van der Waals surface area contributed by atoms with E-state index in [9.17, 15) is 0 Å². The number of nitrogens with one attached hydrogen (secondary N) is 1. The molecule has 0 bridgehead atoms. The maximum Gasteiger partial charge on any atom is 0.159 e. The number of anilines is 1. The second-order valence-electron chi connectivity index (χ2n) is 4.51. The largest absolute Gasteiger partial charge is 0.369 e. The lowest BCUT2D eigenvalue weighted by Crippen LogP contribution is -2.43. The summed E-state index contributed by atoms with van der Waals surface area (Å²) < 4.78 is 0.897. The van der Waals surface area contributed by atoms with Crippen LogP contribution >= 0.6 is 15.9 Å². The summed E-state index contributed by atoms with van der Waals surface area (Å²) in [5.41, 5.74) is 2.31. The highest BCUT2D eigenvalue weighted by atomic mass is 79.9. The van der Waals surface area contributed by atoms with Crippen LogP contribution in [0.4, 0.5) is 5.69 Å². The van der Waals surface area contributed by atoms with Crippen LogP contribution in [0.3, 0.4) is 0 Å². The molecule has 19 heavy (non-hydrogen) atoms. The number of hydrogen-bond donors (Lipinski definition) is 1. The van der Waals surface area contributed by atoms with E-state index in [0.29, 0.717) is 0 Å². The molecule has 1 N–H and O–H groups in total. The van der Waals surface area contributed by atoms with Crippen LogP contribution in [0.1, 0.15) is 0 Å². The first-order chi connectivity index (χ1) is 9.33. The first-order valence-electron chi connectivity index (χ1n) is 6.36. The number of benzene rings is 1. The third-order valence-corrected chi connectivity index (χ3v) is 3.64. The molecule has 1 aromatic carbocycles. The van der Waals surface area contributed by atoms with Crippen molar-refractivity contribution in [1.82, 2.24) is 15.3 Å². The van der Waals surface area contributed by atoms with Gasteiger partial charge in [-0.1, -0.05) is 0 Å². The lowest BCUT2D eigenvalue weighted by Gasteiger charge is -2.29. The molecule has 0 aliphatic carbocycles. The van der Waals surface area contributed by atoms with Gasteiger partial charge in [0.05, 0.1) is 4.47 Å². The second kappa shape index (κ2) is 5.67. The lowest BCUT2D eigenvalue weighted by molar-refractivity contribution is 0.589. The predicted octanol–water partition coefficient (Wildman–Crippen LogP) is 2.32. The van der Waals surface area contributed by atoms with Gasteiger partial charge in [-0.3, -0.25) is 0 Å². The summed E-state index contributed by atoms with van der Waals surface area (Å²) in [6.45, 7) is 4.23. The van der Waals surface area contributed by atoms with Crippen LogP contribution in [-0.2, 0) is 0 Å². The molecule has 0 atom stereocenters. The molecule has 1 aromatic heterocycles. The quantitative estimate of drug-likeness (QED) is 0.922. The van der Waals surface area contributed by atoms with Crippen molar-refractivity contribution in [2.75, 3.05) is 31.1 Å². The lowest BCUT2D eigenvalue weighted by atomic mass is 10.1. The first kappa shape index (κ1) is 12.6. The topological polar surface area (TPSA) is 41.1 Å². The Labute approximate surface area is 121 Å². The molecule has 3 rings (SSSR count). The van der Waals surface area contributed by atoms with E-state index in [-0.39, 0.29) is 0 Å². The van der Waals surface area contributed by atoms with Gasteiger partial charge >= 0.3 is 0 Å². The van der Waals surface area contributed by atoms with Crippen molar-refractivity contribution in [1.29, 1.82) is 0 Å². The Hall–Kier alpha value is -1.46. The van der Waals surface area contributed by atoms with Gasteiger partial charge < -0.3 is 10.2 Å². The summed E-state index contributed by atoms with van der Waals surface area (Å²) in [6.07, 6.45) is 3.54. The zero-order valence-electron chi connectivity index (χ0n) is 10.5. The van der Waals surface area contributed by atoms with Crippen LogP contribution in [0, 0.1) is 0 Å². The van der Waals surface area contributed by atoms with Crippen LogP contribution < -0.4 is 10.2 Å². The van der Waals surface area contributed by atoms with E-state index in [0.717, 1.165) is 42.0 Å². The van der Waals surface area contributed by atoms with E-state index >= 15 is 0 Å². The molecule has 1 aliphatic rings. The van der Waals surface area contributed by atoms with Gasteiger partial charge in [0.1, 0.15) is 0 Å². The number of rotatable bonds is 2. The summed E-state index contributed by atoms with van der Waals surface area (Å²) in [5.74, 6) is 0.759. The van der Waals surface area contributed by atoms with E-state index in [1.807, 2.05) is 0 Å². The summed E-state index contributed by atoms with van der Waals surface area (Å²) in [6, 6.07) is 8.46. The van der Waals surface area contributed by atoms with E-state index in [1.54, 1.807) is 12.4 Å². The number of piperazine rings is 1. The maximum absolute atomic E-state index is 4.31. The molecule has 0 amide bonds. The number of aromatic nitrogens is 2. The fourth-order valence-corrected chi connectivity index (χ4v) is 2.41. The molecular formula is C14H15BrN4. The molecule has 0 saturated carbocycles. The van der Waals surface area contributed by atoms with Crippen LogP contribution in [0.2, 0.25) is 0 Å². The van der Waals surface area contributed by atoms with Crippen LogP contribution in [0.15, 0.2) is 41.1 Å². The Morgan fingerprint density at radius 1 is 1.00 bits per heavy atom. The standard InChI is InChI=1S/C14H15BrN4/c15-12-9-17-14(18-10-12)11-1-3-13(4-2-11)19-7-5-16-6-8-19/h1-4,9-10,16H,5-8H2. The van der Waals surface area contributed by atoms with E-state index < -0.39 is 0 Å². The van der Waals surface area contributed by atoms with Gasteiger partial charge in [0.15, 0.2) is 5.82 Å². The Morgan fingerprint density at radius 3 is 2.26 bits per heavy atom. The van der Waals surface area contributed by atoms with Crippen LogP contribution in [-0.4, -0.2) is 36.1 Å². The summed E-state index contributed by atoms with van der Waals surface area (Å²) in [7, 11) is 0. The Morgan fingerprint density at radius 2 is 1.63 bits per heavy atom. The zero-order valence-corrected chi connectivity index (χ0v) is 12.1. The number of halogens is 1. The molecule has 0 spiro atoms. The van der Waals surface area contributed by atoms with E-state index in [1.165, 1.54) is 5.69 Å². The van der Waals surface area contributed by atoms with Gasteiger partial charge in [-0.2, -0.15) is 0 Å². The SMILES string of the molecule is Brc1cnc(-c2ccc(N3CCNCC3)cc2)nc1. The Kier molecular flexibility index (Phi) is 3.75. The third-order valence-electron chi connectivity index (χ3n) is 3.23. The molecule has 0 radical (unpaired) electrons.